The quantitative estimate of drug-likeness (QED) is 0.821. The molecule has 3 rings (SSSR count). The molecule has 2 aromatic rings. The second-order valence-corrected chi connectivity index (χ2v) is 7.30. The van der Waals surface area contributed by atoms with Crippen molar-refractivity contribution in [2.24, 2.45) is 0 Å². The van der Waals surface area contributed by atoms with E-state index in [0.29, 0.717) is 6.54 Å². The van der Waals surface area contributed by atoms with Gasteiger partial charge in [0.15, 0.2) is 0 Å². The zero-order chi connectivity index (χ0) is 15.0. The summed E-state index contributed by atoms with van der Waals surface area (Å²) in [6.45, 7) is 1.41. The lowest BCUT2D eigenvalue weighted by Gasteiger charge is -2.23. The highest BCUT2D eigenvalue weighted by atomic mass is 32.2. The topological polar surface area (TPSA) is 79.3 Å². The van der Waals surface area contributed by atoms with Crippen LogP contribution < -0.4 is 4.90 Å². The van der Waals surface area contributed by atoms with Crippen LogP contribution in [0.2, 0.25) is 0 Å². The Morgan fingerprint density at radius 1 is 1.38 bits per heavy atom. The summed E-state index contributed by atoms with van der Waals surface area (Å²) in [6, 6.07) is 1.87. The molecule has 1 unspecified atom stereocenters. The Bertz CT molecular complexity index is 759. The highest BCUT2D eigenvalue weighted by Crippen LogP contribution is 2.27. The number of pyridine rings is 1. The van der Waals surface area contributed by atoms with E-state index in [1.165, 1.54) is 16.9 Å². The second kappa shape index (κ2) is 5.19. The molecule has 3 heterocycles. The van der Waals surface area contributed by atoms with Gasteiger partial charge in [-0.2, -0.15) is 0 Å². The first kappa shape index (κ1) is 14.2. The Hall–Kier alpha value is -1.80. The van der Waals surface area contributed by atoms with Gasteiger partial charge in [0.2, 0.25) is 10.0 Å². The third kappa shape index (κ3) is 2.68. The number of nitrogens with zero attached hydrogens (tertiary/aromatic N) is 5. The average Bonchev–Trinajstić information content (AvgIpc) is 2.94. The van der Waals surface area contributed by atoms with Crippen LogP contribution in [0.4, 0.5) is 5.82 Å². The predicted octanol–water partition coefficient (Wildman–Crippen LogP) is 0.495. The molecule has 0 bridgehead atoms. The van der Waals surface area contributed by atoms with E-state index in [2.05, 4.69) is 19.9 Å². The van der Waals surface area contributed by atoms with Crippen LogP contribution in [-0.2, 0) is 10.0 Å². The van der Waals surface area contributed by atoms with E-state index in [-0.39, 0.29) is 6.04 Å². The molecule has 0 saturated carbocycles. The van der Waals surface area contributed by atoms with Gasteiger partial charge in [-0.3, -0.25) is 4.98 Å². The molecule has 2 aromatic heterocycles. The van der Waals surface area contributed by atoms with Gasteiger partial charge >= 0.3 is 0 Å². The predicted molar refractivity (Wildman–Crippen MR) is 80.6 cm³/mol. The number of hydrogen-bond acceptors (Lipinski definition) is 6. The Morgan fingerprint density at radius 2 is 2.19 bits per heavy atom. The van der Waals surface area contributed by atoms with E-state index in [1.54, 1.807) is 19.4 Å². The molecule has 0 radical (unpaired) electrons. The number of fused-ring (bicyclic) bond motifs is 1. The van der Waals surface area contributed by atoms with Crippen molar-refractivity contribution in [2.75, 3.05) is 31.3 Å². The van der Waals surface area contributed by atoms with E-state index in [1.807, 2.05) is 6.07 Å². The lowest BCUT2D eigenvalue weighted by atomic mass is 10.2. The summed E-state index contributed by atoms with van der Waals surface area (Å²) in [5, 5.41) is 0.940. The molecule has 112 valence electrons. The van der Waals surface area contributed by atoms with Crippen molar-refractivity contribution >= 4 is 26.7 Å². The fourth-order valence-corrected chi connectivity index (χ4v) is 3.36. The smallest absolute Gasteiger partial charge is 0.211 e. The van der Waals surface area contributed by atoms with E-state index in [9.17, 15) is 8.42 Å². The molecule has 0 aliphatic carbocycles. The number of likely N-dealkylation sites (N-methyl/N-ethyl adjacent to an activating group) is 1. The van der Waals surface area contributed by atoms with Crippen LogP contribution in [0.3, 0.4) is 0 Å². The van der Waals surface area contributed by atoms with E-state index >= 15 is 0 Å². The summed E-state index contributed by atoms with van der Waals surface area (Å²) in [4.78, 5) is 14.7. The Kier molecular flexibility index (Phi) is 3.50. The van der Waals surface area contributed by atoms with Crippen molar-refractivity contribution in [3.63, 3.8) is 0 Å². The highest BCUT2D eigenvalue weighted by Gasteiger charge is 2.31. The molecule has 7 nitrogen and oxygen atoms in total. The molecular weight excluding hydrogens is 290 g/mol. The molecule has 0 amide bonds. The van der Waals surface area contributed by atoms with Gasteiger partial charge in [0.1, 0.15) is 12.1 Å². The van der Waals surface area contributed by atoms with Crippen molar-refractivity contribution < 1.29 is 8.42 Å². The molecule has 0 aromatic carbocycles. The van der Waals surface area contributed by atoms with Crippen LogP contribution in [0.5, 0.6) is 0 Å². The van der Waals surface area contributed by atoms with Crippen LogP contribution >= 0.6 is 0 Å². The summed E-state index contributed by atoms with van der Waals surface area (Å²) < 4.78 is 24.7. The summed E-state index contributed by atoms with van der Waals surface area (Å²) in [5.74, 6) is 0.840. The summed E-state index contributed by atoms with van der Waals surface area (Å²) in [6.07, 6.45) is 6.97. The number of hydrogen-bond donors (Lipinski definition) is 0. The maximum atomic E-state index is 11.6. The molecule has 0 spiro atoms. The van der Waals surface area contributed by atoms with Gasteiger partial charge < -0.3 is 4.90 Å². The fraction of sp³-hybridized carbons (Fsp3) is 0.462. The minimum atomic E-state index is -3.17. The van der Waals surface area contributed by atoms with Crippen LogP contribution in [0, 0.1) is 0 Å². The Morgan fingerprint density at radius 3 is 2.95 bits per heavy atom. The molecule has 0 N–H and O–H groups in total. The van der Waals surface area contributed by atoms with Crippen molar-refractivity contribution in [1.29, 1.82) is 0 Å². The van der Waals surface area contributed by atoms with Gasteiger partial charge in [0.05, 0.1) is 18.0 Å². The zero-order valence-corrected chi connectivity index (χ0v) is 12.8. The molecule has 1 aliphatic rings. The van der Waals surface area contributed by atoms with Crippen LogP contribution in [-0.4, -0.2) is 60.1 Å². The summed E-state index contributed by atoms with van der Waals surface area (Å²) in [5.41, 5.74) is 0.794. The minimum absolute atomic E-state index is 0.0214. The van der Waals surface area contributed by atoms with E-state index < -0.39 is 10.0 Å². The van der Waals surface area contributed by atoms with Crippen molar-refractivity contribution in [1.82, 2.24) is 19.3 Å². The number of rotatable bonds is 3. The lowest BCUT2D eigenvalue weighted by Crippen LogP contribution is -2.38. The van der Waals surface area contributed by atoms with Crippen LogP contribution in [0.25, 0.3) is 10.9 Å². The fourth-order valence-electron chi connectivity index (χ4n) is 2.65. The van der Waals surface area contributed by atoms with Gasteiger partial charge in [-0.05, 0) is 12.5 Å². The molecule has 1 saturated heterocycles. The standard InChI is InChI=1S/C13H17N5O2S/c1-17(21(2,19)20)10-4-6-18(8-10)13-11-3-5-14-7-12(11)15-9-16-13/h3,5,7,9-10H,4,6,8H2,1-2H3. The maximum Gasteiger partial charge on any atom is 0.211 e. The normalized spacial score (nSPS) is 19.6. The summed E-state index contributed by atoms with van der Waals surface area (Å²) >= 11 is 0. The highest BCUT2D eigenvalue weighted by molar-refractivity contribution is 7.88. The first-order valence-corrected chi connectivity index (χ1v) is 8.54. The third-order valence-corrected chi connectivity index (χ3v) is 5.26. The maximum absolute atomic E-state index is 11.6. The van der Waals surface area contributed by atoms with Gasteiger partial charge in [0.25, 0.3) is 0 Å². The Labute approximate surface area is 123 Å². The molecule has 21 heavy (non-hydrogen) atoms. The number of anilines is 1. The van der Waals surface area contributed by atoms with Crippen LogP contribution in [0.1, 0.15) is 6.42 Å². The van der Waals surface area contributed by atoms with E-state index in [0.717, 1.165) is 29.7 Å². The second-order valence-electron chi connectivity index (χ2n) is 5.26. The zero-order valence-electron chi connectivity index (χ0n) is 12.0. The lowest BCUT2D eigenvalue weighted by molar-refractivity contribution is 0.393. The largest absolute Gasteiger partial charge is 0.354 e. The van der Waals surface area contributed by atoms with Gasteiger partial charge in [-0.1, -0.05) is 0 Å². The van der Waals surface area contributed by atoms with Gasteiger partial charge in [-0.15, -0.1) is 0 Å². The molecule has 1 fully saturated rings. The van der Waals surface area contributed by atoms with Gasteiger partial charge in [-0.25, -0.2) is 22.7 Å². The molecule has 1 aliphatic heterocycles. The van der Waals surface area contributed by atoms with Crippen molar-refractivity contribution in [3.8, 4) is 0 Å². The SMILES string of the molecule is CN(C1CCN(c2ncnc3cnccc23)C1)S(C)(=O)=O. The molecule has 8 heteroatoms. The van der Waals surface area contributed by atoms with E-state index in [4.69, 9.17) is 0 Å². The minimum Gasteiger partial charge on any atom is -0.354 e. The first-order valence-electron chi connectivity index (χ1n) is 6.69. The number of sulfonamides is 1. The average molecular weight is 307 g/mol. The van der Waals surface area contributed by atoms with Crippen molar-refractivity contribution in [2.45, 2.75) is 12.5 Å². The summed E-state index contributed by atoms with van der Waals surface area (Å²) in [7, 11) is -1.54. The Balaban J connectivity index is 1.89. The first-order chi connectivity index (χ1) is 9.97. The van der Waals surface area contributed by atoms with Gasteiger partial charge in [0, 0.05) is 37.8 Å². The molecule has 1 atom stereocenters. The van der Waals surface area contributed by atoms with Crippen molar-refractivity contribution in [3.05, 3.63) is 24.8 Å². The van der Waals surface area contributed by atoms with Crippen LogP contribution in [0.15, 0.2) is 24.8 Å². The molecular formula is C13H17N5O2S. The monoisotopic (exact) mass is 307 g/mol. The third-order valence-electron chi connectivity index (χ3n) is 3.92. The number of aromatic nitrogens is 3.